The number of rotatable bonds is 4. The van der Waals surface area contributed by atoms with Gasteiger partial charge in [0.05, 0.1) is 0 Å². The van der Waals surface area contributed by atoms with E-state index in [1.165, 1.54) is 6.92 Å². The molecule has 1 aliphatic heterocycles. The van der Waals surface area contributed by atoms with Gasteiger partial charge in [-0.15, -0.1) is 0 Å². The lowest BCUT2D eigenvalue weighted by Crippen LogP contribution is -2.29. The molecule has 0 unspecified atom stereocenters. The molecule has 0 aromatic heterocycles. The van der Waals surface area contributed by atoms with Crippen molar-refractivity contribution < 1.29 is 19.1 Å². The first-order valence-electron chi connectivity index (χ1n) is 6.42. The molecule has 6 nitrogen and oxygen atoms in total. The Morgan fingerprint density at radius 2 is 1.90 bits per heavy atom. The van der Waals surface area contributed by atoms with Crippen molar-refractivity contribution >= 4 is 17.5 Å². The van der Waals surface area contributed by atoms with Crippen LogP contribution in [-0.2, 0) is 9.59 Å². The van der Waals surface area contributed by atoms with E-state index >= 15 is 0 Å². The number of carbonyl (C=O) groups is 2. The largest absolute Gasteiger partial charge is 0.449 e. The maximum atomic E-state index is 11.7. The molecule has 0 saturated heterocycles. The summed E-state index contributed by atoms with van der Waals surface area (Å²) in [7, 11) is 0. The Hall–Kier alpha value is -2.24. The molecular weight excluding hydrogens is 260 g/mol. The molecule has 0 aliphatic carbocycles. The molecule has 2 rings (SSSR count). The lowest BCUT2D eigenvalue weighted by molar-refractivity contribution is -0.119. The summed E-state index contributed by atoms with van der Waals surface area (Å²) in [5.41, 5.74) is 0.637. The van der Waals surface area contributed by atoms with E-state index in [0.29, 0.717) is 23.7 Å². The van der Waals surface area contributed by atoms with Crippen LogP contribution in [0.25, 0.3) is 0 Å². The topological polar surface area (TPSA) is 76.7 Å². The zero-order chi connectivity index (χ0) is 14.8. The summed E-state index contributed by atoms with van der Waals surface area (Å²) in [6.07, 6.45) is 0.222. The van der Waals surface area contributed by atoms with E-state index in [9.17, 15) is 9.59 Å². The lowest BCUT2D eigenvalue weighted by atomic mass is 10.2. The van der Waals surface area contributed by atoms with Crippen molar-refractivity contribution in [3.8, 4) is 11.5 Å². The quantitative estimate of drug-likeness (QED) is 0.878. The number of fused-ring (bicyclic) bond motifs is 1. The molecule has 1 heterocycles. The van der Waals surface area contributed by atoms with Crippen LogP contribution in [-0.4, -0.2) is 24.1 Å². The Kier molecular flexibility index (Phi) is 3.83. The predicted octanol–water partition coefficient (Wildman–Crippen LogP) is 1.66. The first kappa shape index (κ1) is 14.2. The standard InChI is InChI=1S/C14H18N2O4/c1-9(17)15-7-6-13(18)16-10-4-5-11-12(8-10)20-14(2,3)19-11/h4-5,8H,6-7H2,1-3H3,(H,15,17)(H,16,18). The Balaban J connectivity index is 1.92. The maximum absolute atomic E-state index is 11.7. The van der Waals surface area contributed by atoms with Crippen LogP contribution in [0.15, 0.2) is 18.2 Å². The van der Waals surface area contributed by atoms with Gasteiger partial charge in [-0.25, -0.2) is 0 Å². The minimum absolute atomic E-state index is 0.150. The highest BCUT2D eigenvalue weighted by Crippen LogP contribution is 2.40. The van der Waals surface area contributed by atoms with Gasteiger partial charge in [0.25, 0.3) is 0 Å². The zero-order valence-electron chi connectivity index (χ0n) is 11.8. The van der Waals surface area contributed by atoms with E-state index in [1.54, 1.807) is 18.2 Å². The average Bonchev–Trinajstić information content (AvgIpc) is 2.61. The minimum atomic E-state index is -0.684. The summed E-state index contributed by atoms with van der Waals surface area (Å²) in [6, 6.07) is 5.23. The van der Waals surface area contributed by atoms with Gasteiger partial charge in [-0.3, -0.25) is 9.59 Å². The smallest absolute Gasteiger partial charge is 0.246 e. The highest BCUT2D eigenvalue weighted by atomic mass is 16.7. The number of ether oxygens (including phenoxy) is 2. The first-order chi connectivity index (χ1) is 9.35. The van der Waals surface area contributed by atoms with E-state index in [0.717, 1.165) is 0 Å². The third-order valence-electron chi connectivity index (χ3n) is 2.66. The molecule has 0 spiro atoms. The number of carbonyl (C=O) groups excluding carboxylic acids is 2. The van der Waals surface area contributed by atoms with E-state index in [-0.39, 0.29) is 18.2 Å². The van der Waals surface area contributed by atoms with Crippen molar-refractivity contribution in [2.45, 2.75) is 33.0 Å². The summed E-state index contributed by atoms with van der Waals surface area (Å²) in [4.78, 5) is 22.4. The van der Waals surface area contributed by atoms with Gasteiger partial charge in [-0.1, -0.05) is 0 Å². The van der Waals surface area contributed by atoms with Gasteiger partial charge >= 0.3 is 0 Å². The summed E-state index contributed by atoms with van der Waals surface area (Å²) in [5.74, 6) is 0.261. The number of anilines is 1. The van der Waals surface area contributed by atoms with Crippen LogP contribution in [0, 0.1) is 0 Å². The first-order valence-corrected chi connectivity index (χ1v) is 6.42. The number of hydrogen-bond acceptors (Lipinski definition) is 4. The van der Waals surface area contributed by atoms with Crippen molar-refractivity contribution in [1.82, 2.24) is 5.32 Å². The van der Waals surface area contributed by atoms with Gasteiger partial charge in [0.15, 0.2) is 11.5 Å². The zero-order valence-corrected chi connectivity index (χ0v) is 11.8. The molecule has 20 heavy (non-hydrogen) atoms. The highest BCUT2D eigenvalue weighted by molar-refractivity contribution is 5.91. The Morgan fingerprint density at radius 3 is 2.60 bits per heavy atom. The van der Waals surface area contributed by atoms with Crippen LogP contribution in [0.2, 0.25) is 0 Å². The summed E-state index contributed by atoms with van der Waals surface area (Å²) < 4.78 is 11.2. The average molecular weight is 278 g/mol. The van der Waals surface area contributed by atoms with Crippen molar-refractivity contribution in [3.63, 3.8) is 0 Å². The molecule has 0 radical (unpaired) electrons. The van der Waals surface area contributed by atoms with Crippen molar-refractivity contribution in [2.24, 2.45) is 0 Å². The molecular formula is C14H18N2O4. The second kappa shape index (κ2) is 5.40. The molecule has 0 atom stereocenters. The summed E-state index contributed by atoms with van der Waals surface area (Å²) in [5, 5.41) is 5.32. The number of nitrogens with one attached hydrogen (secondary N) is 2. The summed E-state index contributed by atoms with van der Waals surface area (Å²) in [6.45, 7) is 5.37. The molecule has 1 aromatic carbocycles. The third-order valence-corrected chi connectivity index (χ3v) is 2.66. The van der Waals surface area contributed by atoms with Gasteiger partial charge in [0.2, 0.25) is 17.6 Å². The van der Waals surface area contributed by atoms with E-state index in [2.05, 4.69) is 10.6 Å². The van der Waals surface area contributed by atoms with Gasteiger partial charge in [0, 0.05) is 45.5 Å². The molecule has 2 N–H and O–H groups in total. The number of benzene rings is 1. The lowest BCUT2D eigenvalue weighted by Gasteiger charge is -2.16. The fourth-order valence-corrected chi connectivity index (χ4v) is 1.88. The Morgan fingerprint density at radius 1 is 1.20 bits per heavy atom. The van der Waals surface area contributed by atoms with Gasteiger partial charge in [-0.05, 0) is 12.1 Å². The molecule has 1 aliphatic rings. The van der Waals surface area contributed by atoms with Gasteiger partial charge in [0.1, 0.15) is 0 Å². The SMILES string of the molecule is CC(=O)NCCC(=O)Nc1ccc2c(c1)OC(C)(C)O2. The fourth-order valence-electron chi connectivity index (χ4n) is 1.88. The molecule has 6 heteroatoms. The van der Waals surface area contributed by atoms with E-state index in [4.69, 9.17) is 9.47 Å². The van der Waals surface area contributed by atoms with E-state index < -0.39 is 5.79 Å². The maximum Gasteiger partial charge on any atom is 0.246 e. The number of hydrogen-bond donors (Lipinski definition) is 2. The monoisotopic (exact) mass is 278 g/mol. The molecule has 108 valence electrons. The second-order valence-corrected chi connectivity index (χ2v) is 5.05. The van der Waals surface area contributed by atoms with Crippen LogP contribution in [0.5, 0.6) is 11.5 Å². The highest BCUT2D eigenvalue weighted by Gasteiger charge is 2.31. The molecule has 1 aromatic rings. The van der Waals surface area contributed by atoms with Crippen molar-refractivity contribution in [2.75, 3.05) is 11.9 Å². The van der Waals surface area contributed by atoms with Gasteiger partial charge in [-0.2, -0.15) is 0 Å². The van der Waals surface area contributed by atoms with Gasteiger partial charge < -0.3 is 20.1 Å². The molecule has 0 saturated carbocycles. The van der Waals surface area contributed by atoms with Crippen molar-refractivity contribution in [3.05, 3.63) is 18.2 Å². The fraction of sp³-hybridized carbons (Fsp3) is 0.429. The molecule has 0 bridgehead atoms. The molecule has 0 fully saturated rings. The minimum Gasteiger partial charge on any atom is -0.449 e. The van der Waals surface area contributed by atoms with Crippen molar-refractivity contribution in [1.29, 1.82) is 0 Å². The normalized spacial score (nSPS) is 14.8. The van der Waals surface area contributed by atoms with Crippen LogP contribution >= 0.6 is 0 Å². The van der Waals surface area contributed by atoms with Crippen LogP contribution in [0.3, 0.4) is 0 Å². The Labute approximate surface area is 117 Å². The predicted molar refractivity (Wildman–Crippen MR) is 73.7 cm³/mol. The second-order valence-electron chi connectivity index (χ2n) is 5.05. The number of amides is 2. The summed E-state index contributed by atoms with van der Waals surface area (Å²) >= 11 is 0. The van der Waals surface area contributed by atoms with Crippen LogP contribution in [0.1, 0.15) is 27.2 Å². The van der Waals surface area contributed by atoms with Crippen LogP contribution in [0.4, 0.5) is 5.69 Å². The Bertz CT molecular complexity index is 540. The third kappa shape index (κ3) is 3.63. The molecule has 2 amide bonds. The van der Waals surface area contributed by atoms with Crippen LogP contribution < -0.4 is 20.1 Å². The van der Waals surface area contributed by atoms with E-state index in [1.807, 2.05) is 13.8 Å².